The molecule has 1 aromatic heterocycles. The van der Waals surface area contributed by atoms with Crippen LogP contribution in [-0.4, -0.2) is 24.5 Å². The van der Waals surface area contributed by atoms with Crippen molar-refractivity contribution in [3.05, 3.63) is 63.4 Å². The third-order valence-electron chi connectivity index (χ3n) is 3.26. The van der Waals surface area contributed by atoms with E-state index >= 15 is 0 Å². The summed E-state index contributed by atoms with van der Waals surface area (Å²) in [5, 5.41) is 13.2. The molecule has 0 radical (unpaired) electrons. The van der Waals surface area contributed by atoms with Crippen molar-refractivity contribution in [2.75, 3.05) is 13.7 Å². The number of benzene rings is 1. The molecule has 7 heteroatoms. The van der Waals surface area contributed by atoms with Crippen LogP contribution in [0.2, 0.25) is 0 Å². The predicted octanol–water partition coefficient (Wildman–Crippen LogP) is 2.61. The van der Waals surface area contributed by atoms with E-state index in [0.29, 0.717) is 0 Å². The van der Waals surface area contributed by atoms with Gasteiger partial charge >= 0.3 is 5.88 Å². The molecular formula is C15H16N2O5. The molecule has 1 heterocycles. The van der Waals surface area contributed by atoms with Crippen LogP contribution in [0.1, 0.15) is 27.8 Å². The average Bonchev–Trinajstić information content (AvgIpc) is 2.99. The zero-order valence-electron chi connectivity index (χ0n) is 12.2. The number of nitrogens with zero attached hydrogens (tertiary/aromatic N) is 1. The highest BCUT2D eigenvalue weighted by Gasteiger charge is 2.19. The quantitative estimate of drug-likeness (QED) is 0.654. The first-order valence-corrected chi connectivity index (χ1v) is 6.63. The minimum absolute atomic E-state index is 0.105. The van der Waals surface area contributed by atoms with Gasteiger partial charge in [-0.2, -0.15) is 0 Å². The Morgan fingerprint density at radius 3 is 2.68 bits per heavy atom. The van der Waals surface area contributed by atoms with Gasteiger partial charge < -0.3 is 14.5 Å². The lowest BCUT2D eigenvalue weighted by Gasteiger charge is -2.18. The van der Waals surface area contributed by atoms with Gasteiger partial charge in [-0.15, -0.1) is 0 Å². The third-order valence-corrected chi connectivity index (χ3v) is 3.26. The van der Waals surface area contributed by atoms with Gasteiger partial charge in [0.2, 0.25) is 0 Å². The fraction of sp³-hybridized carbons (Fsp3) is 0.267. The Bertz CT molecular complexity index is 680. The number of aryl methyl sites for hydroxylation is 1. The number of carbonyl (C=O) groups excluding carboxylic acids is 1. The molecule has 2 rings (SSSR count). The Morgan fingerprint density at radius 2 is 2.09 bits per heavy atom. The van der Waals surface area contributed by atoms with E-state index in [1.54, 1.807) is 7.11 Å². The Morgan fingerprint density at radius 1 is 1.36 bits per heavy atom. The van der Waals surface area contributed by atoms with Gasteiger partial charge in [-0.1, -0.05) is 24.3 Å². The molecule has 0 fully saturated rings. The highest BCUT2D eigenvalue weighted by Crippen LogP contribution is 2.20. The van der Waals surface area contributed by atoms with Crippen molar-refractivity contribution in [1.29, 1.82) is 0 Å². The van der Waals surface area contributed by atoms with Crippen LogP contribution in [0.3, 0.4) is 0 Å². The highest BCUT2D eigenvalue weighted by molar-refractivity contribution is 5.91. The number of nitro groups is 1. The van der Waals surface area contributed by atoms with Gasteiger partial charge in [0, 0.05) is 13.7 Å². The van der Waals surface area contributed by atoms with E-state index in [9.17, 15) is 14.9 Å². The largest absolute Gasteiger partial charge is 0.433 e. The van der Waals surface area contributed by atoms with Crippen LogP contribution in [-0.2, 0) is 4.74 Å². The summed E-state index contributed by atoms with van der Waals surface area (Å²) in [5.74, 6) is -1.09. The summed E-state index contributed by atoms with van der Waals surface area (Å²) in [6.45, 7) is 2.19. The van der Waals surface area contributed by atoms with Crippen molar-refractivity contribution in [1.82, 2.24) is 5.32 Å². The molecule has 7 nitrogen and oxygen atoms in total. The molecule has 116 valence electrons. The molecule has 1 atom stereocenters. The molecule has 22 heavy (non-hydrogen) atoms. The zero-order valence-corrected chi connectivity index (χ0v) is 12.2. The maximum atomic E-state index is 11.9. The number of amides is 1. The minimum Gasteiger partial charge on any atom is -0.395 e. The molecule has 0 spiro atoms. The molecule has 0 saturated heterocycles. The summed E-state index contributed by atoms with van der Waals surface area (Å²) in [6.07, 6.45) is -0.310. The van der Waals surface area contributed by atoms with Crippen LogP contribution in [0.25, 0.3) is 0 Å². The summed E-state index contributed by atoms with van der Waals surface area (Å²) in [5.41, 5.74) is 2.02. The number of ether oxygens (including phenoxy) is 1. The van der Waals surface area contributed by atoms with E-state index < -0.39 is 16.7 Å². The molecule has 2 aromatic rings. The number of rotatable bonds is 6. The van der Waals surface area contributed by atoms with E-state index in [1.807, 2.05) is 31.2 Å². The molecule has 0 bridgehead atoms. The first-order chi connectivity index (χ1) is 10.5. The van der Waals surface area contributed by atoms with Crippen molar-refractivity contribution in [2.24, 2.45) is 0 Å². The van der Waals surface area contributed by atoms with E-state index in [4.69, 9.17) is 9.15 Å². The van der Waals surface area contributed by atoms with Gasteiger partial charge in [0.25, 0.3) is 5.91 Å². The summed E-state index contributed by atoms with van der Waals surface area (Å²) in [6, 6.07) is 10.1. The summed E-state index contributed by atoms with van der Waals surface area (Å²) >= 11 is 0. The van der Waals surface area contributed by atoms with E-state index in [0.717, 1.165) is 17.2 Å². The van der Waals surface area contributed by atoms with Crippen LogP contribution >= 0.6 is 0 Å². The normalized spacial score (nSPS) is 11.9. The Labute approximate surface area is 127 Å². The van der Waals surface area contributed by atoms with Crippen LogP contribution in [0.4, 0.5) is 5.88 Å². The summed E-state index contributed by atoms with van der Waals surface area (Å²) < 4.78 is 10.2. The lowest BCUT2D eigenvalue weighted by atomic mass is 10.0. The topological polar surface area (TPSA) is 94.6 Å². The molecule has 0 aliphatic heterocycles. The number of furan rings is 1. The lowest BCUT2D eigenvalue weighted by molar-refractivity contribution is -0.402. The second-order valence-electron chi connectivity index (χ2n) is 4.69. The predicted molar refractivity (Wildman–Crippen MR) is 78.6 cm³/mol. The Hall–Kier alpha value is -2.67. The fourth-order valence-electron chi connectivity index (χ4n) is 2.09. The van der Waals surface area contributed by atoms with Crippen molar-refractivity contribution in [3.8, 4) is 0 Å². The summed E-state index contributed by atoms with van der Waals surface area (Å²) in [4.78, 5) is 21.8. The van der Waals surface area contributed by atoms with Crippen molar-refractivity contribution >= 4 is 11.8 Å². The molecule has 1 N–H and O–H groups in total. The van der Waals surface area contributed by atoms with Gasteiger partial charge in [0.05, 0.1) is 12.2 Å². The second kappa shape index (κ2) is 6.86. The van der Waals surface area contributed by atoms with E-state index in [2.05, 4.69) is 5.32 Å². The van der Waals surface area contributed by atoms with Crippen LogP contribution in [0, 0.1) is 17.0 Å². The first-order valence-electron chi connectivity index (χ1n) is 6.63. The van der Waals surface area contributed by atoms with Crippen molar-refractivity contribution < 1.29 is 18.9 Å². The number of carbonyl (C=O) groups is 1. The van der Waals surface area contributed by atoms with E-state index in [1.165, 1.54) is 6.07 Å². The van der Waals surface area contributed by atoms with Crippen LogP contribution in [0.5, 0.6) is 0 Å². The molecule has 0 aliphatic rings. The molecular weight excluding hydrogens is 288 g/mol. The van der Waals surface area contributed by atoms with Crippen LogP contribution in [0.15, 0.2) is 40.8 Å². The molecule has 0 saturated carbocycles. The van der Waals surface area contributed by atoms with Crippen LogP contribution < -0.4 is 5.32 Å². The number of nitrogens with one attached hydrogen (secondary N) is 1. The third kappa shape index (κ3) is 3.50. The smallest absolute Gasteiger partial charge is 0.395 e. The fourth-order valence-corrected chi connectivity index (χ4v) is 2.09. The monoisotopic (exact) mass is 304 g/mol. The summed E-state index contributed by atoms with van der Waals surface area (Å²) in [7, 11) is 1.56. The lowest BCUT2D eigenvalue weighted by Crippen LogP contribution is -2.29. The Kier molecular flexibility index (Phi) is 4.90. The Balaban J connectivity index is 2.02. The number of methoxy groups -OCH3 is 1. The second-order valence-corrected chi connectivity index (χ2v) is 4.69. The van der Waals surface area contributed by atoms with Crippen molar-refractivity contribution in [2.45, 2.75) is 13.0 Å². The maximum absolute atomic E-state index is 11.9. The number of hydrogen-bond acceptors (Lipinski definition) is 5. The van der Waals surface area contributed by atoms with Gasteiger partial charge in [0.1, 0.15) is 4.92 Å². The molecule has 1 unspecified atom stereocenters. The standard InChI is InChI=1S/C15H16N2O5/c1-10-5-3-4-6-11(10)13(21-2)9-16-15(18)12-7-8-14(22-12)17(19)20/h3-8,13H,9H2,1-2H3,(H,16,18). The van der Waals surface area contributed by atoms with E-state index in [-0.39, 0.29) is 18.4 Å². The SMILES string of the molecule is COC(CNC(=O)c1ccc([N+](=O)[O-])o1)c1ccccc1C. The maximum Gasteiger partial charge on any atom is 0.433 e. The molecule has 1 amide bonds. The highest BCUT2D eigenvalue weighted by atomic mass is 16.6. The molecule has 0 aliphatic carbocycles. The van der Waals surface area contributed by atoms with Gasteiger partial charge in [0.15, 0.2) is 5.76 Å². The number of hydrogen-bond donors (Lipinski definition) is 1. The first kappa shape index (κ1) is 15.7. The van der Waals surface area contributed by atoms with Gasteiger partial charge in [-0.3, -0.25) is 14.9 Å². The van der Waals surface area contributed by atoms with Crippen molar-refractivity contribution in [3.63, 3.8) is 0 Å². The molecule has 1 aromatic carbocycles. The van der Waals surface area contributed by atoms with Gasteiger partial charge in [-0.25, -0.2) is 0 Å². The average molecular weight is 304 g/mol. The minimum atomic E-state index is -0.692. The van der Waals surface area contributed by atoms with Gasteiger partial charge in [-0.05, 0) is 24.1 Å². The zero-order chi connectivity index (χ0) is 16.1.